The largest absolute Gasteiger partial charge is 0.341 e. The number of aromatic nitrogens is 1. The average molecular weight is 508 g/mol. The van der Waals surface area contributed by atoms with Gasteiger partial charge in [0.15, 0.2) is 0 Å². The van der Waals surface area contributed by atoms with E-state index in [4.69, 9.17) is 0 Å². The van der Waals surface area contributed by atoms with E-state index in [9.17, 15) is 13.2 Å². The van der Waals surface area contributed by atoms with Crippen LogP contribution in [0.5, 0.6) is 0 Å². The summed E-state index contributed by atoms with van der Waals surface area (Å²) < 4.78 is 31.7. The predicted molar refractivity (Wildman–Crippen MR) is 144 cm³/mol. The number of carbonyl (C=O) groups excluding carboxylic acids is 1. The molecule has 2 heterocycles. The number of likely N-dealkylation sites (tertiary alicyclic amines) is 1. The van der Waals surface area contributed by atoms with E-state index in [0.29, 0.717) is 24.3 Å². The van der Waals surface area contributed by atoms with Gasteiger partial charge in [-0.2, -0.15) is 0 Å². The molecule has 0 unspecified atom stereocenters. The SMILES string of the molecule is CCn1c2ccccc2c2cc(NS(=O)(=O)c3ccc(SC)c(C(=O)N4CCCCC4)c3)ccc21. The average Bonchev–Trinajstić information content (AvgIpc) is 3.21. The van der Waals surface area contributed by atoms with E-state index in [1.165, 1.54) is 17.8 Å². The van der Waals surface area contributed by atoms with Gasteiger partial charge in [-0.3, -0.25) is 9.52 Å². The van der Waals surface area contributed by atoms with Crippen LogP contribution in [0.2, 0.25) is 0 Å². The second kappa shape index (κ2) is 9.59. The van der Waals surface area contributed by atoms with Crippen molar-refractivity contribution in [2.24, 2.45) is 0 Å². The van der Waals surface area contributed by atoms with Crippen LogP contribution in [0, 0.1) is 0 Å². The molecule has 8 heteroatoms. The van der Waals surface area contributed by atoms with Crippen molar-refractivity contribution in [2.75, 3.05) is 24.1 Å². The van der Waals surface area contributed by atoms with Crippen molar-refractivity contribution in [3.8, 4) is 0 Å². The molecule has 1 fully saturated rings. The van der Waals surface area contributed by atoms with Crippen LogP contribution in [0.25, 0.3) is 21.8 Å². The summed E-state index contributed by atoms with van der Waals surface area (Å²) in [4.78, 5) is 15.9. The van der Waals surface area contributed by atoms with Crippen molar-refractivity contribution in [3.05, 3.63) is 66.2 Å². The Balaban J connectivity index is 1.50. The van der Waals surface area contributed by atoms with E-state index in [2.05, 4.69) is 28.3 Å². The number of amides is 1. The molecule has 0 spiro atoms. The third-order valence-electron chi connectivity index (χ3n) is 6.70. The highest BCUT2D eigenvalue weighted by Crippen LogP contribution is 2.32. The van der Waals surface area contributed by atoms with Crippen LogP contribution in [0.4, 0.5) is 5.69 Å². The number of hydrogen-bond acceptors (Lipinski definition) is 4. The summed E-state index contributed by atoms with van der Waals surface area (Å²) in [6, 6.07) is 18.6. The second-order valence-electron chi connectivity index (χ2n) is 8.81. The van der Waals surface area contributed by atoms with E-state index in [1.807, 2.05) is 35.4 Å². The number of nitrogens with one attached hydrogen (secondary N) is 1. The quantitative estimate of drug-likeness (QED) is 0.327. The van der Waals surface area contributed by atoms with Gasteiger partial charge >= 0.3 is 0 Å². The molecule has 1 aliphatic rings. The van der Waals surface area contributed by atoms with Crippen molar-refractivity contribution in [3.63, 3.8) is 0 Å². The fourth-order valence-electron chi connectivity index (χ4n) is 4.96. The smallest absolute Gasteiger partial charge is 0.261 e. The lowest BCUT2D eigenvalue weighted by atomic mass is 10.1. The van der Waals surface area contributed by atoms with Crippen LogP contribution < -0.4 is 4.72 Å². The monoisotopic (exact) mass is 507 g/mol. The van der Waals surface area contributed by atoms with Gasteiger partial charge in [0.1, 0.15) is 0 Å². The first-order valence-corrected chi connectivity index (χ1v) is 14.6. The predicted octanol–water partition coefficient (Wildman–Crippen LogP) is 5.96. The van der Waals surface area contributed by atoms with E-state index in [1.54, 1.807) is 18.2 Å². The molecule has 3 aromatic carbocycles. The lowest BCUT2D eigenvalue weighted by Crippen LogP contribution is -2.36. The van der Waals surface area contributed by atoms with Crippen molar-refractivity contribution >= 4 is 55.2 Å². The number of hydrogen-bond donors (Lipinski definition) is 1. The third kappa shape index (κ3) is 4.41. The van der Waals surface area contributed by atoms with Crippen LogP contribution in [0.15, 0.2) is 70.5 Å². The number of rotatable bonds is 6. The Morgan fingerprint density at radius 1 is 0.943 bits per heavy atom. The summed E-state index contributed by atoms with van der Waals surface area (Å²) in [6.45, 7) is 4.36. The molecule has 35 heavy (non-hydrogen) atoms. The molecule has 0 saturated carbocycles. The number of piperidine rings is 1. The molecule has 5 rings (SSSR count). The van der Waals surface area contributed by atoms with Crippen LogP contribution in [0.1, 0.15) is 36.5 Å². The first-order valence-electron chi connectivity index (χ1n) is 11.9. The summed E-state index contributed by atoms with van der Waals surface area (Å²) in [5.41, 5.74) is 3.13. The van der Waals surface area contributed by atoms with Crippen LogP contribution >= 0.6 is 11.8 Å². The number of fused-ring (bicyclic) bond motifs is 3. The molecule has 1 amide bonds. The highest BCUT2D eigenvalue weighted by Gasteiger charge is 2.24. The number of thioether (sulfide) groups is 1. The molecule has 1 aliphatic heterocycles. The van der Waals surface area contributed by atoms with Gasteiger partial charge in [0, 0.05) is 52.0 Å². The molecule has 0 atom stereocenters. The summed E-state index contributed by atoms with van der Waals surface area (Å²) in [7, 11) is -3.88. The highest BCUT2D eigenvalue weighted by atomic mass is 32.2. The standard InChI is InChI=1S/C27H29N3O3S2/c1-3-30-24-10-6-5-9-21(24)22-17-19(11-13-25(22)30)28-35(32,33)20-12-14-26(34-2)23(18-20)27(31)29-15-7-4-8-16-29/h5-6,9-14,17-18,28H,3-4,7-8,15-16H2,1-2H3. The summed E-state index contributed by atoms with van der Waals surface area (Å²) in [5.74, 6) is -0.0973. The molecule has 1 saturated heterocycles. The van der Waals surface area contributed by atoms with Gasteiger partial charge in [0.25, 0.3) is 15.9 Å². The maximum atomic E-state index is 13.4. The minimum absolute atomic E-state index is 0.0896. The molecule has 182 valence electrons. The number of carbonyl (C=O) groups is 1. The summed E-state index contributed by atoms with van der Waals surface area (Å²) in [5, 5.41) is 2.09. The lowest BCUT2D eigenvalue weighted by molar-refractivity contribution is 0.0720. The van der Waals surface area contributed by atoms with Crippen molar-refractivity contribution in [2.45, 2.75) is 42.5 Å². The van der Waals surface area contributed by atoms with E-state index in [-0.39, 0.29) is 10.8 Å². The van der Waals surface area contributed by atoms with Gasteiger partial charge in [0.2, 0.25) is 0 Å². The Bertz CT molecular complexity index is 1520. The number of benzene rings is 3. The first-order chi connectivity index (χ1) is 16.9. The molecule has 6 nitrogen and oxygen atoms in total. The van der Waals surface area contributed by atoms with Gasteiger partial charge in [-0.05, 0) is 74.9 Å². The first kappa shape index (κ1) is 23.8. The van der Waals surface area contributed by atoms with Gasteiger partial charge < -0.3 is 9.47 Å². The Morgan fingerprint density at radius 2 is 1.69 bits per heavy atom. The zero-order valence-electron chi connectivity index (χ0n) is 20.0. The maximum absolute atomic E-state index is 13.4. The van der Waals surface area contributed by atoms with Crippen molar-refractivity contribution in [1.29, 1.82) is 0 Å². The number of nitrogens with zero attached hydrogens (tertiary/aromatic N) is 2. The number of anilines is 1. The fraction of sp³-hybridized carbons (Fsp3) is 0.296. The second-order valence-corrected chi connectivity index (χ2v) is 11.3. The van der Waals surface area contributed by atoms with Crippen LogP contribution in [-0.4, -0.2) is 43.1 Å². The molecule has 0 aliphatic carbocycles. The Labute approximate surface area is 210 Å². The zero-order valence-corrected chi connectivity index (χ0v) is 21.6. The Morgan fingerprint density at radius 3 is 2.43 bits per heavy atom. The van der Waals surface area contributed by atoms with E-state index < -0.39 is 10.0 Å². The molecule has 4 aromatic rings. The van der Waals surface area contributed by atoms with Gasteiger partial charge in [-0.15, -0.1) is 11.8 Å². The van der Waals surface area contributed by atoms with Crippen LogP contribution in [0.3, 0.4) is 0 Å². The molecule has 1 N–H and O–H groups in total. The normalized spacial score (nSPS) is 14.5. The highest BCUT2D eigenvalue weighted by molar-refractivity contribution is 7.98. The molecular formula is C27H29N3O3S2. The fourth-order valence-corrected chi connectivity index (χ4v) is 6.61. The Hall–Kier alpha value is -2.97. The van der Waals surface area contributed by atoms with Gasteiger partial charge in [-0.25, -0.2) is 8.42 Å². The minimum atomic E-state index is -3.88. The number of para-hydroxylation sites is 1. The lowest BCUT2D eigenvalue weighted by Gasteiger charge is -2.27. The van der Waals surface area contributed by atoms with Crippen molar-refractivity contribution in [1.82, 2.24) is 9.47 Å². The summed E-state index contributed by atoms with van der Waals surface area (Å²) >= 11 is 1.45. The third-order valence-corrected chi connectivity index (χ3v) is 8.87. The van der Waals surface area contributed by atoms with E-state index >= 15 is 0 Å². The minimum Gasteiger partial charge on any atom is -0.341 e. The number of aryl methyl sites for hydroxylation is 1. The van der Waals surface area contributed by atoms with Crippen LogP contribution in [-0.2, 0) is 16.6 Å². The van der Waals surface area contributed by atoms with Gasteiger partial charge in [-0.1, -0.05) is 18.2 Å². The van der Waals surface area contributed by atoms with Gasteiger partial charge in [0.05, 0.1) is 10.5 Å². The topological polar surface area (TPSA) is 71.4 Å². The molecular weight excluding hydrogens is 478 g/mol. The number of sulfonamides is 1. The molecule has 0 radical (unpaired) electrons. The van der Waals surface area contributed by atoms with E-state index in [0.717, 1.165) is 52.5 Å². The molecule has 0 bridgehead atoms. The Kier molecular flexibility index (Phi) is 6.51. The zero-order chi connectivity index (χ0) is 24.6. The van der Waals surface area contributed by atoms with Crippen molar-refractivity contribution < 1.29 is 13.2 Å². The maximum Gasteiger partial charge on any atom is 0.261 e. The summed E-state index contributed by atoms with van der Waals surface area (Å²) in [6.07, 6.45) is 4.99. The molecule has 1 aromatic heterocycles.